The lowest BCUT2D eigenvalue weighted by molar-refractivity contribution is -0.138. The van der Waals surface area contributed by atoms with Crippen LogP contribution in [0, 0.1) is 5.92 Å². The highest BCUT2D eigenvalue weighted by Gasteiger charge is 2.09. The van der Waals surface area contributed by atoms with E-state index in [1.54, 1.807) is 11.8 Å². The van der Waals surface area contributed by atoms with Crippen molar-refractivity contribution in [2.75, 3.05) is 12.4 Å². The molecule has 0 aliphatic carbocycles. The van der Waals surface area contributed by atoms with E-state index in [-0.39, 0.29) is 11.9 Å². The molecule has 3 nitrogen and oxygen atoms in total. The van der Waals surface area contributed by atoms with Crippen molar-refractivity contribution < 1.29 is 13.9 Å². The fourth-order valence-corrected chi connectivity index (χ4v) is 3.34. The molecular weight excluding hydrogens is 332 g/mol. The number of rotatable bonds is 7. The maximum Gasteiger partial charge on any atom is 0.330 e. The maximum absolute atomic E-state index is 11.1. The molecule has 1 atom stereocenters. The Bertz CT molecular complexity index is 867. The molecular formula is C21H20O3S. The van der Waals surface area contributed by atoms with Gasteiger partial charge in [-0.3, -0.25) is 0 Å². The van der Waals surface area contributed by atoms with Crippen molar-refractivity contribution in [3.63, 3.8) is 0 Å². The van der Waals surface area contributed by atoms with E-state index in [9.17, 15) is 4.79 Å². The van der Waals surface area contributed by atoms with Gasteiger partial charge in [-0.2, -0.15) is 0 Å². The van der Waals surface area contributed by atoms with Gasteiger partial charge in [-0.15, -0.1) is 11.8 Å². The zero-order chi connectivity index (χ0) is 17.6. The van der Waals surface area contributed by atoms with Gasteiger partial charge in [-0.05, 0) is 30.2 Å². The molecule has 0 aliphatic rings. The van der Waals surface area contributed by atoms with Gasteiger partial charge in [0.1, 0.15) is 11.3 Å². The molecule has 0 spiro atoms. The molecule has 4 heteroatoms. The van der Waals surface area contributed by atoms with Crippen LogP contribution in [-0.4, -0.2) is 18.3 Å². The first-order valence-electron chi connectivity index (χ1n) is 8.16. The van der Waals surface area contributed by atoms with Crippen LogP contribution in [0.4, 0.5) is 0 Å². The first kappa shape index (κ1) is 17.4. The van der Waals surface area contributed by atoms with Crippen molar-refractivity contribution in [2.24, 2.45) is 5.92 Å². The third kappa shape index (κ3) is 4.54. The second-order valence-corrected chi connectivity index (χ2v) is 7.02. The van der Waals surface area contributed by atoms with Gasteiger partial charge in [0.25, 0.3) is 0 Å². The minimum Gasteiger partial charge on any atom is -0.462 e. The number of ether oxygens (including phenoxy) is 1. The lowest BCUT2D eigenvalue weighted by atomic mass is 10.1. The number of benzene rings is 2. The second kappa shape index (κ2) is 8.08. The number of hydrogen-bond acceptors (Lipinski definition) is 4. The number of hydrogen-bond donors (Lipinski definition) is 0. The van der Waals surface area contributed by atoms with Crippen LogP contribution in [0.25, 0.3) is 22.3 Å². The minimum absolute atomic E-state index is 0.265. The average Bonchev–Trinajstić information content (AvgIpc) is 3.08. The minimum atomic E-state index is -0.373. The standard InChI is InChI=1S/C21H20O3S/c1-3-21(22)23-13-15(2)14-25-18-10-9-17-11-19(24-20(17)12-18)16-7-5-4-6-8-16/h3-12,15H,1,13-14H2,2H3. The summed E-state index contributed by atoms with van der Waals surface area (Å²) in [6.07, 6.45) is 1.19. The van der Waals surface area contributed by atoms with Gasteiger partial charge in [-0.25, -0.2) is 4.79 Å². The molecule has 1 heterocycles. The molecule has 1 aromatic heterocycles. The quantitative estimate of drug-likeness (QED) is 0.317. The fourth-order valence-electron chi connectivity index (χ4n) is 2.42. The van der Waals surface area contributed by atoms with E-state index in [4.69, 9.17) is 9.15 Å². The van der Waals surface area contributed by atoms with E-state index in [1.165, 1.54) is 6.08 Å². The third-order valence-electron chi connectivity index (χ3n) is 3.76. The topological polar surface area (TPSA) is 39.4 Å². The van der Waals surface area contributed by atoms with Crippen molar-refractivity contribution in [1.29, 1.82) is 0 Å². The maximum atomic E-state index is 11.1. The highest BCUT2D eigenvalue weighted by Crippen LogP contribution is 2.31. The molecule has 1 unspecified atom stereocenters. The van der Waals surface area contributed by atoms with Crippen molar-refractivity contribution in [2.45, 2.75) is 11.8 Å². The van der Waals surface area contributed by atoms with Gasteiger partial charge in [0.15, 0.2) is 0 Å². The summed E-state index contributed by atoms with van der Waals surface area (Å²) in [5.41, 5.74) is 1.96. The van der Waals surface area contributed by atoms with Gasteiger partial charge >= 0.3 is 5.97 Å². The Kier molecular flexibility index (Phi) is 5.61. The van der Waals surface area contributed by atoms with Gasteiger partial charge in [-0.1, -0.05) is 43.8 Å². The molecule has 0 fully saturated rings. The third-order valence-corrected chi connectivity index (χ3v) is 5.08. The van der Waals surface area contributed by atoms with Gasteiger partial charge in [0.05, 0.1) is 6.61 Å². The summed E-state index contributed by atoms with van der Waals surface area (Å²) in [4.78, 5) is 12.2. The Balaban J connectivity index is 1.65. The van der Waals surface area contributed by atoms with Crippen LogP contribution in [-0.2, 0) is 9.53 Å². The van der Waals surface area contributed by atoms with Crippen LogP contribution >= 0.6 is 11.8 Å². The van der Waals surface area contributed by atoms with Crippen LogP contribution in [0.2, 0.25) is 0 Å². The summed E-state index contributed by atoms with van der Waals surface area (Å²) in [7, 11) is 0. The van der Waals surface area contributed by atoms with Gasteiger partial charge in [0, 0.05) is 27.7 Å². The average molecular weight is 352 g/mol. The highest BCUT2D eigenvalue weighted by molar-refractivity contribution is 7.99. The zero-order valence-electron chi connectivity index (χ0n) is 14.1. The smallest absolute Gasteiger partial charge is 0.330 e. The number of esters is 1. The zero-order valence-corrected chi connectivity index (χ0v) is 14.9. The fraction of sp³-hybridized carbons (Fsp3) is 0.190. The van der Waals surface area contributed by atoms with Gasteiger partial charge in [0.2, 0.25) is 0 Å². The van der Waals surface area contributed by atoms with Crippen LogP contribution in [0.5, 0.6) is 0 Å². The molecule has 128 valence electrons. The molecule has 25 heavy (non-hydrogen) atoms. The largest absolute Gasteiger partial charge is 0.462 e. The molecule has 0 aliphatic heterocycles. The van der Waals surface area contributed by atoms with E-state index in [2.05, 4.69) is 37.8 Å². The first-order chi connectivity index (χ1) is 12.2. The molecule has 0 N–H and O–H groups in total. The van der Waals surface area contributed by atoms with E-state index in [1.807, 2.05) is 30.3 Å². The summed E-state index contributed by atoms with van der Waals surface area (Å²) in [5.74, 6) is 1.63. The van der Waals surface area contributed by atoms with Crippen LogP contribution in [0.15, 0.2) is 76.6 Å². The predicted molar refractivity (Wildman–Crippen MR) is 103 cm³/mol. The van der Waals surface area contributed by atoms with Crippen LogP contribution < -0.4 is 0 Å². The normalized spacial score (nSPS) is 12.0. The SMILES string of the molecule is C=CC(=O)OCC(C)CSc1ccc2cc(-c3ccccc3)oc2c1. The molecule has 3 aromatic rings. The summed E-state index contributed by atoms with van der Waals surface area (Å²) in [6.45, 7) is 5.85. The predicted octanol–water partition coefficient (Wildman–Crippen LogP) is 5.56. The molecule has 0 saturated heterocycles. The van der Waals surface area contributed by atoms with E-state index in [0.717, 1.165) is 32.9 Å². The number of carbonyl (C=O) groups is 1. The second-order valence-electron chi connectivity index (χ2n) is 5.93. The van der Waals surface area contributed by atoms with Gasteiger partial charge < -0.3 is 9.15 Å². The Hall–Kier alpha value is -2.46. The summed E-state index contributed by atoms with van der Waals surface area (Å²) in [6, 6.07) is 18.4. The molecule has 0 amide bonds. The molecule has 0 bridgehead atoms. The Morgan fingerprint density at radius 2 is 2.04 bits per heavy atom. The molecule has 0 radical (unpaired) electrons. The summed E-state index contributed by atoms with van der Waals surface area (Å²) < 4.78 is 11.1. The summed E-state index contributed by atoms with van der Waals surface area (Å²) in [5, 5.41) is 1.09. The summed E-state index contributed by atoms with van der Waals surface area (Å²) >= 11 is 1.73. The lowest BCUT2D eigenvalue weighted by Gasteiger charge is -2.10. The first-order valence-corrected chi connectivity index (χ1v) is 9.15. The van der Waals surface area contributed by atoms with Crippen molar-refractivity contribution in [1.82, 2.24) is 0 Å². The van der Waals surface area contributed by atoms with E-state index >= 15 is 0 Å². The molecule has 2 aromatic carbocycles. The van der Waals surface area contributed by atoms with Crippen molar-refractivity contribution in [3.8, 4) is 11.3 Å². The Morgan fingerprint density at radius 1 is 1.24 bits per heavy atom. The van der Waals surface area contributed by atoms with E-state index in [0.29, 0.717) is 6.61 Å². The number of thioether (sulfide) groups is 1. The molecule has 0 saturated carbocycles. The van der Waals surface area contributed by atoms with Crippen molar-refractivity contribution in [3.05, 3.63) is 67.3 Å². The Morgan fingerprint density at radius 3 is 2.80 bits per heavy atom. The Labute approximate surface area is 151 Å². The lowest BCUT2D eigenvalue weighted by Crippen LogP contribution is -2.11. The number of furan rings is 1. The monoisotopic (exact) mass is 352 g/mol. The molecule has 3 rings (SSSR count). The van der Waals surface area contributed by atoms with Crippen LogP contribution in [0.1, 0.15) is 6.92 Å². The number of carbonyl (C=O) groups excluding carboxylic acids is 1. The van der Waals surface area contributed by atoms with Crippen LogP contribution in [0.3, 0.4) is 0 Å². The van der Waals surface area contributed by atoms with E-state index < -0.39 is 0 Å². The highest BCUT2D eigenvalue weighted by atomic mass is 32.2. The van der Waals surface area contributed by atoms with Crippen molar-refractivity contribution >= 4 is 28.7 Å². The number of fused-ring (bicyclic) bond motifs is 1.